The third-order valence-electron chi connectivity index (χ3n) is 4.09. The van der Waals surface area contributed by atoms with Gasteiger partial charge in [-0.05, 0) is 35.7 Å². The lowest BCUT2D eigenvalue weighted by atomic mass is 10.00. The molecule has 0 radical (unpaired) electrons. The van der Waals surface area contributed by atoms with Crippen molar-refractivity contribution in [3.8, 4) is 5.75 Å². The molecule has 0 atom stereocenters. The number of rotatable bonds is 5. The molecule has 0 aliphatic carbocycles. The minimum Gasteiger partial charge on any atom is -0.496 e. The quantitative estimate of drug-likeness (QED) is 0.753. The largest absolute Gasteiger partial charge is 0.496 e. The van der Waals surface area contributed by atoms with Crippen LogP contribution in [-0.2, 0) is 6.54 Å². The highest BCUT2D eigenvalue weighted by atomic mass is 16.5. The summed E-state index contributed by atoms with van der Waals surface area (Å²) >= 11 is 0. The van der Waals surface area contributed by atoms with Gasteiger partial charge in [0.05, 0.1) is 24.5 Å². The number of carbonyl (C=O) groups excluding carboxylic acids is 1. The number of imidazole rings is 1. The van der Waals surface area contributed by atoms with Crippen molar-refractivity contribution in [1.29, 1.82) is 0 Å². The number of aromatic amines is 1. The molecule has 5 heteroatoms. The Morgan fingerprint density at radius 1 is 1.25 bits per heavy atom. The molecule has 1 aromatic heterocycles. The molecule has 5 nitrogen and oxygen atoms in total. The normalized spacial score (nSPS) is 11.0. The predicted octanol–water partition coefficient (Wildman–Crippen LogP) is 3.62. The minimum absolute atomic E-state index is 0.122. The van der Waals surface area contributed by atoms with Gasteiger partial charge in [-0.25, -0.2) is 4.98 Å². The standard InChI is InChI=1S/C19H21N3O2/c1-12(2)13-5-7-18(24-3)15(8-13)10-20-19(23)14-4-6-16-17(9-14)22-11-21-16/h4-9,11-12H,10H2,1-3H3,(H,20,23)(H,21,22). The SMILES string of the molecule is COc1ccc(C(C)C)cc1CNC(=O)c1ccc2nc[nH]c2c1. The first-order valence-electron chi connectivity index (χ1n) is 7.96. The molecule has 24 heavy (non-hydrogen) atoms. The molecule has 2 aromatic carbocycles. The summed E-state index contributed by atoms with van der Waals surface area (Å²) < 4.78 is 5.40. The summed E-state index contributed by atoms with van der Waals surface area (Å²) in [6, 6.07) is 11.5. The van der Waals surface area contributed by atoms with Crippen LogP contribution in [0.25, 0.3) is 11.0 Å². The van der Waals surface area contributed by atoms with Crippen LogP contribution in [0.5, 0.6) is 5.75 Å². The maximum atomic E-state index is 12.4. The second-order valence-electron chi connectivity index (χ2n) is 6.04. The van der Waals surface area contributed by atoms with Gasteiger partial charge in [-0.1, -0.05) is 26.0 Å². The van der Waals surface area contributed by atoms with E-state index >= 15 is 0 Å². The van der Waals surface area contributed by atoms with E-state index in [-0.39, 0.29) is 5.91 Å². The molecular formula is C19H21N3O2. The summed E-state index contributed by atoms with van der Waals surface area (Å²) in [5, 5.41) is 2.96. The number of ether oxygens (including phenoxy) is 1. The number of carbonyl (C=O) groups is 1. The van der Waals surface area contributed by atoms with E-state index in [1.807, 2.05) is 12.1 Å². The second-order valence-corrected chi connectivity index (χ2v) is 6.04. The van der Waals surface area contributed by atoms with Gasteiger partial charge < -0.3 is 15.0 Å². The average Bonchev–Trinajstić information content (AvgIpc) is 3.06. The van der Waals surface area contributed by atoms with Gasteiger partial charge in [0.25, 0.3) is 5.91 Å². The molecule has 0 fully saturated rings. The summed E-state index contributed by atoms with van der Waals surface area (Å²) in [5.41, 5.74) is 4.49. The van der Waals surface area contributed by atoms with Gasteiger partial charge in [-0.15, -0.1) is 0 Å². The van der Waals surface area contributed by atoms with Gasteiger partial charge in [-0.2, -0.15) is 0 Å². The lowest BCUT2D eigenvalue weighted by Crippen LogP contribution is -2.23. The van der Waals surface area contributed by atoms with Gasteiger partial charge >= 0.3 is 0 Å². The van der Waals surface area contributed by atoms with Crippen LogP contribution in [-0.4, -0.2) is 23.0 Å². The summed E-state index contributed by atoms with van der Waals surface area (Å²) in [7, 11) is 1.64. The highest BCUT2D eigenvalue weighted by molar-refractivity contribution is 5.97. The van der Waals surface area contributed by atoms with Crippen molar-refractivity contribution in [3.05, 3.63) is 59.4 Å². The zero-order valence-corrected chi connectivity index (χ0v) is 14.1. The summed E-state index contributed by atoms with van der Waals surface area (Å²) in [6.07, 6.45) is 1.62. The number of hydrogen-bond acceptors (Lipinski definition) is 3. The van der Waals surface area contributed by atoms with Crippen molar-refractivity contribution < 1.29 is 9.53 Å². The Hall–Kier alpha value is -2.82. The number of methoxy groups -OCH3 is 1. The molecule has 0 aliphatic rings. The number of fused-ring (bicyclic) bond motifs is 1. The Morgan fingerprint density at radius 2 is 2.08 bits per heavy atom. The van der Waals surface area contributed by atoms with Crippen LogP contribution in [0.1, 0.15) is 41.3 Å². The number of hydrogen-bond donors (Lipinski definition) is 2. The average molecular weight is 323 g/mol. The number of amides is 1. The molecule has 2 N–H and O–H groups in total. The predicted molar refractivity (Wildman–Crippen MR) is 94.3 cm³/mol. The van der Waals surface area contributed by atoms with Gasteiger partial charge in [0.2, 0.25) is 0 Å². The molecule has 1 amide bonds. The fourth-order valence-electron chi connectivity index (χ4n) is 2.65. The van der Waals surface area contributed by atoms with Crippen LogP contribution in [0, 0.1) is 0 Å². The first kappa shape index (κ1) is 16.1. The first-order chi connectivity index (χ1) is 11.6. The van der Waals surface area contributed by atoms with Gasteiger partial charge in [0.1, 0.15) is 5.75 Å². The molecule has 124 valence electrons. The van der Waals surface area contributed by atoms with Crippen LogP contribution in [0.4, 0.5) is 0 Å². The summed E-state index contributed by atoms with van der Waals surface area (Å²) in [6.45, 7) is 4.71. The Bertz CT molecular complexity index is 868. The van der Waals surface area contributed by atoms with E-state index in [1.165, 1.54) is 5.56 Å². The van der Waals surface area contributed by atoms with E-state index in [9.17, 15) is 4.79 Å². The zero-order valence-electron chi connectivity index (χ0n) is 14.1. The van der Waals surface area contributed by atoms with Crippen molar-refractivity contribution in [2.24, 2.45) is 0 Å². The molecule has 0 saturated heterocycles. The van der Waals surface area contributed by atoms with E-state index in [0.29, 0.717) is 18.0 Å². The molecule has 3 rings (SSSR count). The minimum atomic E-state index is -0.122. The van der Waals surface area contributed by atoms with Crippen LogP contribution in [0.15, 0.2) is 42.7 Å². The Kier molecular flexibility index (Phi) is 4.51. The third-order valence-corrected chi connectivity index (χ3v) is 4.09. The molecule has 1 heterocycles. The van der Waals surface area contributed by atoms with Gasteiger partial charge in [0, 0.05) is 17.7 Å². The van der Waals surface area contributed by atoms with Crippen molar-refractivity contribution in [2.45, 2.75) is 26.3 Å². The van der Waals surface area contributed by atoms with Gasteiger partial charge in [0.15, 0.2) is 0 Å². The summed E-state index contributed by atoms with van der Waals surface area (Å²) in [5.74, 6) is 1.08. The fraction of sp³-hybridized carbons (Fsp3) is 0.263. The van der Waals surface area contributed by atoms with Crippen molar-refractivity contribution in [3.63, 3.8) is 0 Å². The third kappa shape index (κ3) is 3.25. The summed E-state index contributed by atoms with van der Waals surface area (Å²) in [4.78, 5) is 19.6. The Labute approximate surface area is 141 Å². The topological polar surface area (TPSA) is 67.0 Å². The van der Waals surface area contributed by atoms with Crippen LogP contribution < -0.4 is 10.1 Å². The molecular weight excluding hydrogens is 302 g/mol. The monoisotopic (exact) mass is 323 g/mol. The lowest BCUT2D eigenvalue weighted by Gasteiger charge is -2.13. The Balaban J connectivity index is 1.76. The zero-order chi connectivity index (χ0) is 17.1. The maximum absolute atomic E-state index is 12.4. The Morgan fingerprint density at radius 3 is 2.83 bits per heavy atom. The van der Waals surface area contributed by atoms with Gasteiger partial charge in [-0.3, -0.25) is 4.79 Å². The van der Waals surface area contributed by atoms with Crippen molar-refractivity contribution in [2.75, 3.05) is 7.11 Å². The van der Waals surface area contributed by atoms with E-state index in [2.05, 4.69) is 41.3 Å². The molecule has 3 aromatic rings. The first-order valence-corrected chi connectivity index (χ1v) is 7.96. The van der Waals surface area contributed by atoms with Crippen LogP contribution >= 0.6 is 0 Å². The molecule has 0 unspecified atom stereocenters. The molecule has 0 bridgehead atoms. The second kappa shape index (κ2) is 6.74. The number of nitrogens with zero attached hydrogens (tertiary/aromatic N) is 1. The molecule has 0 saturated carbocycles. The number of benzene rings is 2. The maximum Gasteiger partial charge on any atom is 0.251 e. The van der Waals surface area contributed by atoms with Crippen LogP contribution in [0.3, 0.4) is 0 Å². The number of H-pyrrole nitrogens is 1. The lowest BCUT2D eigenvalue weighted by molar-refractivity contribution is 0.0951. The van der Waals surface area contributed by atoms with E-state index in [0.717, 1.165) is 22.3 Å². The number of nitrogens with one attached hydrogen (secondary N) is 2. The highest BCUT2D eigenvalue weighted by Gasteiger charge is 2.11. The smallest absolute Gasteiger partial charge is 0.251 e. The van der Waals surface area contributed by atoms with Crippen molar-refractivity contribution in [1.82, 2.24) is 15.3 Å². The van der Waals surface area contributed by atoms with E-state index in [1.54, 1.807) is 25.6 Å². The van der Waals surface area contributed by atoms with E-state index in [4.69, 9.17) is 4.74 Å². The molecule has 0 aliphatic heterocycles. The fourth-order valence-corrected chi connectivity index (χ4v) is 2.65. The highest BCUT2D eigenvalue weighted by Crippen LogP contribution is 2.24. The molecule has 0 spiro atoms. The number of aromatic nitrogens is 2. The van der Waals surface area contributed by atoms with Crippen molar-refractivity contribution >= 4 is 16.9 Å². The van der Waals surface area contributed by atoms with Crippen LogP contribution in [0.2, 0.25) is 0 Å². The van der Waals surface area contributed by atoms with E-state index < -0.39 is 0 Å².